The van der Waals surface area contributed by atoms with Crippen molar-refractivity contribution in [1.82, 2.24) is 20.1 Å². The van der Waals surface area contributed by atoms with Crippen LogP contribution in [-0.4, -0.2) is 20.7 Å². The molecule has 1 unspecified atom stereocenters. The quantitative estimate of drug-likeness (QED) is 0.368. The molecule has 1 atom stereocenters. The summed E-state index contributed by atoms with van der Waals surface area (Å²) in [5.41, 5.74) is 14.4. The third-order valence-corrected chi connectivity index (χ3v) is 4.33. The van der Waals surface area contributed by atoms with E-state index in [4.69, 9.17) is 16.7 Å². The number of fused-ring (bicyclic) bond motifs is 2. The molecule has 0 saturated heterocycles. The SMILES string of the molecule is Cn1cc2cccc(C3N=C(NC#N)Nc4nc(N)c(C#N)c(N)c43)c2n1. The summed E-state index contributed by atoms with van der Waals surface area (Å²) in [6, 6.07) is 7.08. The molecular formula is C17H14N10. The number of nitriles is 2. The Bertz CT molecular complexity index is 1190. The van der Waals surface area contributed by atoms with Crippen molar-refractivity contribution >= 4 is 34.2 Å². The van der Waals surface area contributed by atoms with Crippen LogP contribution < -0.4 is 22.1 Å². The minimum atomic E-state index is -0.615. The van der Waals surface area contributed by atoms with Crippen LogP contribution in [0.15, 0.2) is 29.4 Å². The lowest BCUT2D eigenvalue weighted by Gasteiger charge is -2.26. The van der Waals surface area contributed by atoms with Crippen LogP contribution in [0.4, 0.5) is 17.3 Å². The number of hydrogen-bond donors (Lipinski definition) is 4. The highest BCUT2D eigenvalue weighted by atomic mass is 15.3. The summed E-state index contributed by atoms with van der Waals surface area (Å²) >= 11 is 0. The second-order valence-corrected chi connectivity index (χ2v) is 5.99. The largest absolute Gasteiger partial charge is 0.397 e. The van der Waals surface area contributed by atoms with Gasteiger partial charge >= 0.3 is 0 Å². The molecule has 0 fully saturated rings. The van der Waals surface area contributed by atoms with Crippen molar-refractivity contribution in [3.8, 4) is 12.3 Å². The van der Waals surface area contributed by atoms with Gasteiger partial charge in [0.15, 0.2) is 6.19 Å². The van der Waals surface area contributed by atoms with E-state index in [1.807, 2.05) is 43.7 Å². The van der Waals surface area contributed by atoms with Gasteiger partial charge in [-0.2, -0.15) is 15.6 Å². The molecule has 6 N–H and O–H groups in total. The van der Waals surface area contributed by atoms with Crippen LogP contribution in [0.2, 0.25) is 0 Å². The number of rotatable bonds is 1. The number of nitrogen functional groups attached to an aromatic ring is 2. The molecule has 0 spiro atoms. The number of anilines is 3. The van der Waals surface area contributed by atoms with Crippen LogP contribution in [0.3, 0.4) is 0 Å². The molecule has 2 aromatic heterocycles. The molecule has 0 bridgehead atoms. The molecule has 1 aromatic carbocycles. The van der Waals surface area contributed by atoms with Gasteiger partial charge in [-0.3, -0.25) is 10.00 Å². The third kappa shape index (κ3) is 2.44. The minimum absolute atomic E-state index is 0.00857. The van der Waals surface area contributed by atoms with E-state index >= 15 is 0 Å². The molecule has 1 aliphatic rings. The normalized spacial score (nSPS) is 15.2. The van der Waals surface area contributed by atoms with Crippen molar-refractivity contribution in [3.05, 3.63) is 41.1 Å². The van der Waals surface area contributed by atoms with Crippen molar-refractivity contribution in [3.63, 3.8) is 0 Å². The molecule has 10 heteroatoms. The number of aromatic nitrogens is 3. The number of nitrogens with one attached hydrogen (secondary N) is 2. The fourth-order valence-electron chi connectivity index (χ4n) is 3.21. The Morgan fingerprint density at radius 3 is 2.85 bits per heavy atom. The molecule has 3 aromatic rings. The Kier molecular flexibility index (Phi) is 3.53. The number of nitrogens with zero attached hydrogens (tertiary/aromatic N) is 6. The Balaban J connectivity index is 2.02. The van der Waals surface area contributed by atoms with Gasteiger partial charge < -0.3 is 16.8 Å². The van der Waals surface area contributed by atoms with Gasteiger partial charge in [0.2, 0.25) is 5.96 Å². The number of guanidine groups is 1. The molecule has 27 heavy (non-hydrogen) atoms. The van der Waals surface area contributed by atoms with E-state index in [0.717, 1.165) is 16.5 Å². The van der Waals surface area contributed by atoms with E-state index in [1.54, 1.807) is 4.68 Å². The van der Waals surface area contributed by atoms with Crippen LogP contribution in [0, 0.1) is 22.8 Å². The van der Waals surface area contributed by atoms with Crippen LogP contribution in [0.5, 0.6) is 0 Å². The zero-order valence-corrected chi connectivity index (χ0v) is 14.2. The first-order chi connectivity index (χ1) is 13.0. The van der Waals surface area contributed by atoms with Gasteiger partial charge in [0.25, 0.3) is 0 Å². The Morgan fingerprint density at radius 1 is 1.30 bits per heavy atom. The monoisotopic (exact) mass is 358 g/mol. The van der Waals surface area contributed by atoms with Crippen LogP contribution >= 0.6 is 0 Å². The van der Waals surface area contributed by atoms with Crippen molar-refractivity contribution < 1.29 is 0 Å². The summed E-state index contributed by atoms with van der Waals surface area (Å²) in [5, 5.41) is 29.2. The second kappa shape index (κ2) is 5.89. The van der Waals surface area contributed by atoms with Crippen LogP contribution in [0.25, 0.3) is 10.9 Å². The smallest absolute Gasteiger partial charge is 0.211 e. The van der Waals surface area contributed by atoms with E-state index in [2.05, 4.69) is 25.7 Å². The zero-order chi connectivity index (χ0) is 19.1. The number of aliphatic imine (C=N–C) groups is 1. The molecule has 0 aliphatic carbocycles. The van der Waals surface area contributed by atoms with Gasteiger partial charge in [-0.25, -0.2) is 9.98 Å². The Labute approximate surface area is 153 Å². The molecule has 1 aliphatic heterocycles. The van der Waals surface area contributed by atoms with Gasteiger partial charge in [0, 0.05) is 29.8 Å². The maximum atomic E-state index is 9.39. The minimum Gasteiger partial charge on any atom is -0.397 e. The Hall–Kier alpha value is -4.31. The lowest BCUT2D eigenvalue weighted by Crippen LogP contribution is -2.32. The molecule has 0 saturated carbocycles. The summed E-state index contributed by atoms with van der Waals surface area (Å²) in [6.45, 7) is 0. The second-order valence-electron chi connectivity index (χ2n) is 5.99. The van der Waals surface area contributed by atoms with Gasteiger partial charge in [-0.15, -0.1) is 0 Å². The number of nitrogens with two attached hydrogens (primary N) is 2. The fourth-order valence-corrected chi connectivity index (χ4v) is 3.21. The molecule has 0 amide bonds. The predicted molar refractivity (Wildman–Crippen MR) is 100 cm³/mol. The van der Waals surface area contributed by atoms with Crippen LogP contribution in [0.1, 0.15) is 22.7 Å². The molecule has 4 rings (SSSR count). The number of benzene rings is 1. The summed E-state index contributed by atoms with van der Waals surface area (Å²) in [7, 11) is 1.83. The molecule has 3 heterocycles. The van der Waals surface area contributed by atoms with E-state index in [0.29, 0.717) is 11.4 Å². The van der Waals surface area contributed by atoms with Crippen molar-refractivity contribution in [1.29, 1.82) is 10.5 Å². The fraction of sp³-hybridized carbons (Fsp3) is 0.118. The standard InChI is InChI=1S/C17H14N10/c1-27-6-8-3-2-4-9(13(8)26-27)14-11-12(20)10(5-18)15(21)24-16(11)25-17(23-14)22-7-19/h2-4,6,14H,1H3,(H6,20,21,22,23,24,25). The number of hydrogen-bond acceptors (Lipinski definition) is 9. The predicted octanol–water partition coefficient (Wildman–Crippen LogP) is 0.946. The topological polar surface area (TPSA) is 167 Å². The highest BCUT2D eigenvalue weighted by Gasteiger charge is 2.31. The molecule has 132 valence electrons. The number of pyridine rings is 1. The van der Waals surface area contributed by atoms with Crippen molar-refractivity contribution in [2.45, 2.75) is 6.04 Å². The molecular weight excluding hydrogens is 344 g/mol. The molecule has 10 nitrogen and oxygen atoms in total. The average Bonchev–Trinajstić information content (AvgIpc) is 3.01. The third-order valence-electron chi connectivity index (χ3n) is 4.33. The molecule has 0 radical (unpaired) electrons. The Morgan fingerprint density at radius 2 is 2.11 bits per heavy atom. The lowest BCUT2D eigenvalue weighted by atomic mass is 9.94. The average molecular weight is 358 g/mol. The van der Waals surface area contributed by atoms with E-state index in [-0.39, 0.29) is 23.0 Å². The number of aryl methyl sites for hydroxylation is 1. The van der Waals surface area contributed by atoms with Gasteiger partial charge in [-0.1, -0.05) is 18.2 Å². The van der Waals surface area contributed by atoms with E-state index in [1.165, 1.54) is 0 Å². The first-order valence-corrected chi connectivity index (χ1v) is 7.94. The zero-order valence-electron chi connectivity index (χ0n) is 14.2. The maximum Gasteiger partial charge on any atom is 0.211 e. The van der Waals surface area contributed by atoms with Gasteiger partial charge in [0.1, 0.15) is 29.3 Å². The van der Waals surface area contributed by atoms with Crippen LogP contribution in [-0.2, 0) is 7.05 Å². The van der Waals surface area contributed by atoms with E-state index in [9.17, 15) is 5.26 Å². The van der Waals surface area contributed by atoms with E-state index < -0.39 is 6.04 Å². The van der Waals surface area contributed by atoms with Crippen molar-refractivity contribution in [2.24, 2.45) is 12.0 Å². The first kappa shape index (κ1) is 16.2. The summed E-state index contributed by atoms with van der Waals surface area (Å²) in [5.74, 6) is 0.558. The maximum absolute atomic E-state index is 9.39. The highest BCUT2D eigenvalue weighted by molar-refractivity contribution is 5.99. The highest BCUT2D eigenvalue weighted by Crippen LogP contribution is 2.41. The lowest BCUT2D eigenvalue weighted by molar-refractivity contribution is 0.773. The summed E-state index contributed by atoms with van der Waals surface area (Å²) in [6.07, 6.45) is 3.72. The van der Waals surface area contributed by atoms with Crippen molar-refractivity contribution in [2.75, 3.05) is 16.8 Å². The summed E-state index contributed by atoms with van der Waals surface area (Å²) < 4.78 is 1.71. The summed E-state index contributed by atoms with van der Waals surface area (Å²) in [4.78, 5) is 8.81. The van der Waals surface area contributed by atoms with Gasteiger partial charge in [0.05, 0.1) is 11.2 Å². The first-order valence-electron chi connectivity index (χ1n) is 7.94. The van der Waals surface area contributed by atoms with Gasteiger partial charge in [-0.05, 0) is 0 Å².